The van der Waals surface area contributed by atoms with Crippen LogP contribution in [0.2, 0.25) is 0 Å². The molecule has 1 aliphatic rings. The Balaban J connectivity index is 1.74. The van der Waals surface area contributed by atoms with Gasteiger partial charge < -0.3 is 11.1 Å². The third kappa shape index (κ3) is 3.00. The molecule has 15 heavy (non-hydrogen) atoms. The fourth-order valence-corrected chi connectivity index (χ4v) is 2.55. The number of aryl methyl sites for hydroxylation is 1. The Morgan fingerprint density at radius 3 is 2.93 bits per heavy atom. The summed E-state index contributed by atoms with van der Waals surface area (Å²) in [6.07, 6.45) is 2.59. The second-order valence-electron chi connectivity index (χ2n) is 4.77. The smallest absolute Gasteiger partial charge is 0.107 e. The summed E-state index contributed by atoms with van der Waals surface area (Å²) in [5, 5.41) is 6.63. The first-order valence-electron chi connectivity index (χ1n) is 5.48. The molecule has 0 amide bonds. The van der Waals surface area contributed by atoms with E-state index >= 15 is 0 Å². The molecule has 2 rings (SSSR count). The number of thiazole rings is 1. The Hall–Kier alpha value is -0.450. The van der Waals surface area contributed by atoms with Gasteiger partial charge in [0.05, 0.1) is 0 Å². The lowest BCUT2D eigenvalue weighted by Crippen LogP contribution is -2.47. The fraction of sp³-hybridized carbons (Fsp3) is 0.727. The van der Waals surface area contributed by atoms with Crippen LogP contribution in [0.25, 0.3) is 0 Å². The maximum atomic E-state index is 6.21. The third-order valence-corrected chi connectivity index (χ3v) is 3.93. The number of rotatable bonds is 5. The van der Waals surface area contributed by atoms with Gasteiger partial charge in [-0.15, -0.1) is 11.3 Å². The summed E-state index contributed by atoms with van der Waals surface area (Å²) < 4.78 is 0. The molecule has 0 saturated heterocycles. The molecule has 1 fully saturated rings. The summed E-state index contributed by atoms with van der Waals surface area (Å²) in [5.41, 5.74) is 7.28. The first-order valence-corrected chi connectivity index (χ1v) is 6.36. The molecule has 1 saturated carbocycles. The van der Waals surface area contributed by atoms with Crippen LogP contribution in [0.15, 0.2) is 5.38 Å². The summed E-state index contributed by atoms with van der Waals surface area (Å²) >= 11 is 1.71. The molecule has 3 nitrogen and oxygen atoms in total. The molecular weight excluding hydrogens is 206 g/mol. The molecule has 0 spiro atoms. The van der Waals surface area contributed by atoms with Gasteiger partial charge in [-0.1, -0.05) is 0 Å². The quantitative estimate of drug-likeness (QED) is 0.801. The molecule has 0 bridgehead atoms. The van der Waals surface area contributed by atoms with Crippen LogP contribution in [0, 0.1) is 12.8 Å². The largest absolute Gasteiger partial charge is 0.324 e. The number of aromatic nitrogens is 1. The van der Waals surface area contributed by atoms with E-state index in [9.17, 15) is 0 Å². The van der Waals surface area contributed by atoms with E-state index < -0.39 is 0 Å². The fourth-order valence-electron chi connectivity index (χ4n) is 1.81. The zero-order valence-corrected chi connectivity index (χ0v) is 10.2. The molecule has 4 heteroatoms. The average molecular weight is 225 g/mol. The van der Waals surface area contributed by atoms with Gasteiger partial charge in [0.25, 0.3) is 0 Å². The van der Waals surface area contributed by atoms with Gasteiger partial charge in [-0.05, 0) is 32.6 Å². The predicted molar refractivity (Wildman–Crippen MR) is 63.9 cm³/mol. The number of nitrogens with one attached hydrogen (secondary N) is 1. The third-order valence-electron chi connectivity index (χ3n) is 2.96. The zero-order valence-electron chi connectivity index (χ0n) is 9.42. The summed E-state index contributed by atoms with van der Waals surface area (Å²) in [6.45, 7) is 5.90. The van der Waals surface area contributed by atoms with E-state index in [-0.39, 0.29) is 5.54 Å². The van der Waals surface area contributed by atoms with Crippen molar-refractivity contribution in [1.29, 1.82) is 0 Å². The normalized spacial score (nSPS) is 20.2. The molecule has 84 valence electrons. The van der Waals surface area contributed by atoms with Crippen LogP contribution in [0.4, 0.5) is 0 Å². The van der Waals surface area contributed by atoms with E-state index in [4.69, 9.17) is 5.73 Å². The van der Waals surface area contributed by atoms with Crippen LogP contribution >= 0.6 is 11.3 Å². The molecule has 1 aromatic rings. The summed E-state index contributed by atoms with van der Waals surface area (Å²) in [5.74, 6) is 0.725. The van der Waals surface area contributed by atoms with Crippen LogP contribution in [0.5, 0.6) is 0 Å². The van der Waals surface area contributed by atoms with Gasteiger partial charge in [0.15, 0.2) is 0 Å². The van der Waals surface area contributed by atoms with Crippen molar-refractivity contribution in [2.45, 2.75) is 38.8 Å². The van der Waals surface area contributed by atoms with Crippen molar-refractivity contribution in [1.82, 2.24) is 10.3 Å². The van der Waals surface area contributed by atoms with E-state index in [1.807, 2.05) is 6.92 Å². The Labute approximate surface area is 95.1 Å². The molecule has 0 aromatic carbocycles. The highest BCUT2D eigenvalue weighted by Gasteiger charge is 2.37. The summed E-state index contributed by atoms with van der Waals surface area (Å²) in [7, 11) is 0. The topological polar surface area (TPSA) is 50.9 Å². The average Bonchev–Trinajstić information content (AvgIpc) is 2.92. The lowest BCUT2D eigenvalue weighted by atomic mass is 9.97. The lowest BCUT2D eigenvalue weighted by Gasteiger charge is -2.24. The minimum Gasteiger partial charge on any atom is -0.324 e. The minimum atomic E-state index is -0.0354. The second kappa shape index (κ2) is 4.20. The zero-order chi connectivity index (χ0) is 10.9. The summed E-state index contributed by atoms with van der Waals surface area (Å²) in [4.78, 5) is 4.41. The van der Waals surface area contributed by atoms with Crippen molar-refractivity contribution in [2.24, 2.45) is 11.7 Å². The van der Waals surface area contributed by atoms with Crippen molar-refractivity contribution < 1.29 is 0 Å². The first kappa shape index (κ1) is 11.0. The van der Waals surface area contributed by atoms with Gasteiger partial charge in [0.2, 0.25) is 0 Å². The Morgan fingerprint density at radius 2 is 2.40 bits per heavy atom. The van der Waals surface area contributed by atoms with Gasteiger partial charge >= 0.3 is 0 Å². The van der Waals surface area contributed by atoms with Crippen molar-refractivity contribution in [3.8, 4) is 0 Å². The molecular formula is C11H19N3S. The maximum Gasteiger partial charge on any atom is 0.107 e. The maximum absolute atomic E-state index is 6.21. The Morgan fingerprint density at radius 1 is 1.67 bits per heavy atom. The molecule has 3 N–H and O–H groups in total. The van der Waals surface area contributed by atoms with Crippen molar-refractivity contribution >= 4 is 11.3 Å². The second-order valence-corrected chi connectivity index (χ2v) is 5.71. The number of nitrogens with two attached hydrogens (primary N) is 1. The van der Waals surface area contributed by atoms with E-state index in [2.05, 4.69) is 22.6 Å². The van der Waals surface area contributed by atoms with Gasteiger partial charge in [-0.3, -0.25) is 0 Å². The standard InChI is InChI=1S/C11H19N3S/c1-8-6-15-10(14-8)5-13-7-11(2,12)9-3-4-9/h6,9,13H,3-5,7,12H2,1-2H3. The number of hydrogen-bond donors (Lipinski definition) is 2. The lowest BCUT2D eigenvalue weighted by molar-refractivity contribution is 0.380. The molecule has 1 aliphatic carbocycles. The van der Waals surface area contributed by atoms with Gasteiger partial charge in [-0.2, -0.15) is 0 Å². The number of nitrogens with zero attached hydrogens (tertiary/aromatic N) is 1. The van der Waals surface area contributed by atoms with Crippen molar-refractivity contribution in [3.05, 3.63) is 16.1 Å². The molecule has 0 aliphatic heterocycles. The van der Waals surface area contributed by atoms with E-state index in [0.717, 1.165) is 29.7 Å². The van der Waals surface area contributed by atoms with Crippen LogP contribution in [0.1, 0.15) is 30.5 Å². The molecule has 1 heterocycles. The highest BCUT2D eigenvalue weighted by Crippen LogP contribution is 2.37. The van der Waals surface area contributed by atoms with Crippen LogP contribution in [-0.2, 0) is 6.54 Å². The van der Waals surface area contributed by atoms with Crippen LogP contribution in [0.3, 0.4) is 0 Å². The Kier molecular flexibility index (Phi) is 3.09. The first-order chi connectivity index (χ1) is 7.08. The SMILES string of the molecule is Cc1csc(CNCC(C)(N)C2CC2)n1. The van der Waals surface area contributed by atoms with Crippen LogP contribution < -0.4 is 11.1 Å². The monoisotopic (exact) mass is 225 g/mol. The van der Waals surface area contributed by atoms with Gasteiger partial charge in [0, 0.05) is 29.7 Å². The van der Waals surface area contributed by atoms with Crippen molar-refractivity contribution in [3.63, 3.8) is 0 Å². The predicted octanol–water partition coefficient (Wildman–Crippen LogP) is 1.67. The van der Waals surface area contributed by atoms with Gasteiger partial charge in [0.1, 0.15) is 5.01 Å². The highest BCUT2D eigenvalue weighted by atomic mass is 32.1. The Bertz CT molecular complexity index is 328. The van der Waals surface area contributed by atoms with E-state index in [1.54, 1.807) is 11.3 Å². The number of hydrogen-bond acceptors (Lipinski definition) is 4. The summed E-state index contributed by atoms with van der Waals surface area (Å²) in [6, 6.07) is 0. The molecule has 0 radical (unpaired) electrons. The van der Waals surface area contributed by atoms with E-state index in [0.29, 0.717) is 0 Å². The molecule has 1 aromatic heterocycles. The minimum absolute atomic E-state index is 0.0354. The van der Waals surface area contributed by atoms with Crippen molar-refractivity contribution in [2.75, 3.05) is 6.54 Å². The van der Waals surface area contributed by atoms with E-state index in [1.165, 1.54) is 12.8 Å². The van der Waals surface area contributed by atoms with Gasteiger partial charge in [-0.25, -0.2) is 4.98 Å². The molecule has 1 unspecified atom stereocenters. The highest BCUT2D eigenvalue weighted by molar-refractivity contribution is 7.09. The molecule has 1 atom stereocenters. The van der Waals surface area contributed by atoms with Crippen LogP contribution in [-0.4, -0.2) is 17.1 Å².